The molecule has 0 aliphatic heterocycles. The van der Waals surface area contributed by atoms with E-state index in [1.165, 1.54) is 21.9 Å². The van der Waals surface area contributed by atoms with Crippen LogP contribution in [0.3, 0.4) is 0 Å². The maximum absolute atomic E-state index is 9.91. The minimum atomic E-state index is -0.517. The second kappa shape index (κ2) is 4.93. The van der Waals surface area contributed by atoms with Crippen molar-refractivity contribution >= 4 is 21.8 Å². The Balaban J connectivity index is 2.34. The van der Waals surface area contributed by atoms with E-state index in [2.05, 4.69) is 54.8 Å². The summed E-state index contributed by atoms with van der Waals surface area (Å²) in [5.41, 5.74) is 10.4. The van der Waals surface area contributed by atoms with Gasteiger partial charge in [-0.3, -0.25) is 0 Å². The first-order valence-corrected chi connectivity index (χ1v) is 6.97. The summed E-state index contributed by atoms with van der Waals surface area (Å²) in [5.74, 6) is 0. The fourth-order valence-electron chi connectivity index (χ4n) is 2.81. The third-order valence-electron chi connectivity index (χ3n) is 3.84. The van der Waals surface area contributed by atoms with Gasteiger partial charge in [0.15, 0.2) is 0 Å². The Bertz CT molecular complexity index is 714. The van der Waals surface area contributed by atoms with Crippen molar-refractivity contribution in [3.8, 4) is 0 Å². The molecule has 0 aliphatic carbocycles. The number of rotatable bonds is 3. The molecule has 3 nitrogen and oxygen atoms in total. The highest BCUT2D eigenvalue weighted by atomic mass is 16.3. The van der Waals surface area contributed by atoms with E-state index in [9.17, 15) is 5.11 Å². The first kappa shape index (κ1) is 13.2. The van der Waals surface area contributed by atoms with E-state index in [1.54, 1.807) is 0 Å². The van der Waals surface area contributed by atoms with E-state index in [0.29, 0.717) is 6.54 Å². The van der Waals surface area contributed by atoms with Gasteiger partial charge < -0.3 is 15.4 Å². The zero-order valence-electron chi connectivity index (χ0n) is 11.9. The van der Waals surface area contributed by atoms with Gasteiger partial charge in [0.05, 0.1) is 12.6 Å². The molecule has 1 heterocycles. The number of hydrogen-bond acceptors (Lipinski definition) is 2. The summed E-state index contributed by atoms with van der Waals surface area (Å²) in [7, 11) is 0. The molecule has 0 aliphatic rings. The molecule has 0 saturated heterocycles. The number of nitrogens with zero attached hydrogens (tertiary/aromatic N) is 1. The topological polar surface area (TPSA) is 51.2 Å². The van der Waals surface area contributed by atoms with Crippen molar-refractivity contribution in [3.63, 3.8) is 0 Å². The summed E-state index contributed by atoms with van der Waals surface area (Å²) in [6, 6.07) is 12.9. The van der Waals surface area contributed by atoms with Crippen LogP contribution < -0.4 is 5.73 Å². The van der Waals surface area contributed by atoms with Crippen LogP contribution >= 0.6 is 0 Å². The first-order chi connectivity index (χ1) is 9.60. The Hall–Kier alpha value is -1.84. The van der Waals surface area contributed by atoms with E-state index in [-0.39, 0.29) is 6.54 Å². The Labute approximate surface area is 118 Å². The fourth-order valence-corrected chi connectivity index (χ4v) is 2.81. The van der Waals surface area contributed by atoms with Crippen LogP contribution in [0.1, 0.15) is 11.1 Å². The minimum absolute atomic E-state index is 0.277. The third-order valence-corrected chi connectivity index (χ3v) is 3.84. The van der Waals surface area contributed by atoms with E-state index in [4.69, 9.17) is 5.73 Å². The molecule has 104 valence electrons. The molecule has 0 amide bonds. The van der Waals surface area contributed by atoms with Gasteiger partial charge in [-0.25, -0.2) is 0 Å². The van der Waals surface area contributed by atoms with Crippen molar-refractivity contribution in [1.29, 1.82) is 0 Å². The number of benzene rings is 2. The molecule has 3 aromatic rings. The summed E-state index contributed by atoms with van der Waals surface area (Å²) in [6.45, 7) is 5.02. The highest BCUT2D eigenvalue weighted by molar-refractivity contribution is 6.08. The lowest BCUT2D eigenvalue weighted by Crippen LogP contribution is -2.25. The average molecular weight is 268 g/mol. The second-order valence-corrected chi connectivity index (χ2v) is 5.54. The largest absolute Gasteiger partial charge is 0.390 e. The van der Waals surface area contributed by atoms with Crippen LogP contribution in [0, 0.1) is 13.8 Å². The molecule has 2 aromatic carbocycles. The van der Waals surface area contributed by atoms with Gasteiger partial charge in [-0.15, -0.1) is 0 Å². The number of aryl methyl sites for hydroxylation is 2. The maximum atomic E-state index is 9.91. The zero-order valence-corrected chi connectivity index (χ0v) is 11.9. The van der Waals surface area contributed by atoms with Gasteiger partial charge in [0.1, 0.15) is 0 Å². The van der Waals surface area contributed by atoms with Gasteiger partial charge in [-0.2, -0.15) is 0 Å². The number of nitrogens with two attached hydrogens (primary N) is 1. The van der Waals surface area contributed by atoms with Crippen LogP contribution in [0.5, 0.6) is 0 Å². The summed E-state index contributed by atoms with van der Waals surface area (Å²) < 4.78 is 2.17. The fraction of sp³-hybridized carbons (Fsp3) is 0.294. The van der Waals surface area contributed by atoms with Crippen molar-refractivity contribution in [1.82, 2.24) is 4.57 Å². The van der Waals surface area contributed by atoms with E-state index >= 15 is 0 Å². The summed E-state index contributed by atoms with van der Waals surface area (Å²) in [5, 5.41) is 12.4. The quantitative estimate of drug-likeness (QED) is 0.767. The third kappa shape index (κ3) is 2.09. The smallest absolute Gasteiger partial charge is 0.0841 e. The number of aromatic nitrogens is 1. The lowest BCUT2D eigenvalue weighted by atomic mass is 10.1. The van der Waals surface area contributed by atoms with Crippen molar-refractivity contribution < 1.29 is 5.11 Å². The monoisotopic (exact) mass is 268 g/mol. The summed E-state index contributed by atoms with van der Waals surface area (Å²) >= 11 is 0. The van der Waals surface area contributed by atoms with Crippen LogP contribution in [-0.4, -0.2) is 22.3 Å². The second-order valence-electron chi connectivity index (χ2n) is 5.54. The molecule has 1 atom stereocenters. The molecule has 3 N–H and O–H groups in total. The standard InChI is InChI=1S/C17H20N2O/c1-11-3-5-16-14(7-11)15-8-12(2)4-6-17(15)19(16)10-13(20)9-18/h3-8,13,20H,9-10,18H2,1-2H3. The molecule has 1 aromatic heterocycles. The SMILES string of the molecule is Cc1ccc2c(c1)c1cc(C)ccc1n2CC(O)CN. The molecule has 0 fully saturated rings. The highest BCUT2D eigenvalue weighted by Crippen LogP contribution is 2.30. The molecule has 20 heavy (non-hydrogen) atoms. The normalized spacial score (nSPS) is 13.2. The van der Waals surface area contributed by atoms with Gasteiger partial charge in [-0.05, 0) is 38.1 Å². The summed E-state index contributed by atoms with van der Waals surface area (Å²) in [6.07, 6.45) is -0.517. The number of aliphatic hydroxyl groups excluding tert-OH is 1. The predicted molar refractivity (Wildman–Crippen MR) is 84.0 cm³/mol. The van der Waals surface area contributed by atoms with Crippen molar-refractivity contribution in [2.75, 3.05) is 6.54 Å². The minimum Gasteiger partial charge on any atom is -0.390 e. The van der Waals surface area contributed by atoms with Crippen LogP contribution in [0.25, 0.3) is 21.8 Å². The Morgan fingerprint density at radius 2 is 1.50 bits per heavy atom. The molecule has 0 bridgehead atoms. The van der Waals surface area contributed by atoms with Crippen LogP contribution in [0.2, 0.25) is 0 Å². The van der Waals surface area contributed by atoms with Gasteiger partial charge in [0, 0.05) is 28.4 Å². The van der Waals surface area contributed by atoms with Gasteiger partial charge in [-0.1, -0.05) is 23.3 Å². The molecule has 0 saturated carbocycles. The molecule has 3 rings (SSSR count). The molecule has 3 heteroatoms. The van der Waals surface area contributed by atoms with Gasteiger partial charge >= 0.3 is 0 Å². The Morgan fingerprint density at radius 3 is 1.95 bits per heavy atom. The maximum Gasteiger partial charge on any atom is 0.0841 e. The van der Waals surface area contributed by atoms with Crippen LogP contribution in [0.4, 0.5) is 0 Å². The van der Waals surface area contributed by atoms with Gasteiger partial charge in [0.2, 0.25) is 0 Å². The summed E-state index contributed by atoms with van der Waals surface area (Å²) in [4.78, 5) is 0. The lowest BCUT2D eigenvalue weighted by Gasteiger charge is -2.12. The van der Waals surface area contributed by atoms with E-state index < -0.39 is 6.10 Å². The van der Waals surface area contributed by atoms with Gasteiger partial charge in [0.25, 0.3) is 0 Å². The average Bonchev–Trinajstić information content (AvgIpc) is 2.72. The van der Waals surface area contributed by atoms with Crippen LogP contribution in [0.15, 0.2) is 36.4 Å². The van der Waals surface area contributed by atoms with E-state index in [1.807, 2.05) is 0 Å². The van der Waals surface area contributed by atoms with Crippen molar-refractivity contribution in [3.05, 3.63) is 47.5 Å². The van der Waals surface area contributed by atoms with E-state index in [0.717, 1.165) is 11.0 Å². The predicted octanol–water partition coefficient (Wildman–Crippen LogP) is 2.73. The Morgan fingerprint density at radius 1 is 1.00 bits per heavy atom. The zero-order chi connectivity index (χ0) is 14.3. The molecule has 1 unspecified atom stereocenters. The number of fused-ring (bicyclic) bond motifs is 3. The number of aliphatic hydroxyl groups is 1. The van der Waals surface area contributed by atoms with Crippen LogP contribution in [-0.2, 0) is 6.54 Å². The highest BCUT2D eigenvalue weighted by Gasteiger charge is 2.13. The van der Waals surface area contributed by atoms with Crippen molar-refractivity contribution in [2.45, 2.75) is 26.5 Å². The molecule has 0 spiro atoms. The molecule has 0 radical (unpaired) electrons. The first-order valence-electron chi connectivity index (χ1n) is 6.97. The van der Waals surface area contributed by atoms with Crippen molar-refractivity contribution in [2.24, 2.45) is 5.73 Å². The lowest BCUT2D eigenvalue weighted by molar-refractivity contribution is 0.165. The molecular formula is C17H20N2O. The Kier molecular flexibility index (Phi) is 3.24. The number of hydrogen-bond donors (Lipinski definition) is 2. The molecular weight excluding hydrogens is 248 g/mol.